The molecule has 0 aliphatic rings. The maximum absolute atomic E-state index is 10.9. The Bertz CT molecular complexity index is 203. The van der Waals surface area contributed by atoms with Crippen molar-refractivity contribution in [3.63, 3.8) is 0 Å². The van der Waals surface area contributed by atoms with Crippen LogP contribution in [0.2, 0.25) is 0 Å². The van der Waals surface area contributed by atoms with Gasteiger partial charge in [-0.05, 0) is 18.7 Å². The summed E-state index contributed by atoms with van der Waals surface area (Å²) in [6.45, 7) is 0.375. The monoisotopic (exact) mass is 139 g/mol. The number of rotatable bonds is 3. The van der Waals surface area contributed by atoms with Crippen LogP contribution in [0, 0.1) is 0 Å². The Morgan fingerprint density at radius 1 is 1.70 bits per heavy atom. The molecule has 0 spiro atoms. The first-order valence-corrected chi connectivity index (χ1v) is 3.11. The standard InChI is InChI=1S/C7H9NO2/c8-4-3-6(9)7-2-1-5-10-7/h1-2,5H,3-4,8H2. The van der Waals surface area contributed by atoms with Crippen molar-refractivity contribution >= 4 is 5.78 Å². The van der Waals surface area contributed by atoms with Crippen molar-refractivity contribution in [2.75, 3.05) is 6.54 Å². The van der Waals surface area contributed by atoms with Crippen LogP contribution in [0.4, 0.5) is 0 Å². The van der Waals surface area contributed by atoms with E-state index in [1.807, 2.05) is 0 Å². The fourth-order valence-electron chi connectivity index (χ4n) is 0.692. The van der Waals surface area contributed by atoms with Crippen LogP contribution in [-0.2, 0) is 0 Å². The summed E-state index contributed by atoms with van der Waals surface area (Å²) in [4.78, 5) is 10.9. The lowest BCUT2D eigenvalue weighted by molar-refractivity contribution is 0.0958. The van der Waals surface area contributed by atoms with Crippen LogP contribution in [0.1, 0.15) is 17.0 Å². The molecule has 0 saturated carbocycles. The maximum Gasteiger partial charge on any atom is 0.199 e. The van der Waals surface area contributed by atoms with Gasteiger partial charge in [-0.3, -0.25) is 4.79 Å². The van der Waals surface area contributed by atoms with Gasteiger partial charge in [-0.1, -0.05) is 0 Å². The number of hydrogen-bond donors (Lipinski definition) is 1. The predicted molar refractivity (Wildman–Crippen MR) is 36.7 cm³/mol. The normalized spacial score (nSPS) is 9.70. The van der Waals surface area contributed by atoms with Crippen molar-refractivity contribution in [2.45, 2.75) is 6.42 Å². The molecule has 1 aromatic heterocycles. The second-order valence-electron chi connectivity index (χ2n) is 1.94. The van der Waals surface area contributed by atoms with Gasteiger partial charge in [0.15, 0.2) is 11.5 Å². The van der Waals surface area contributed by atoms with Crippen molar-refractivity contribution in [3.8, 4) is 0 Å². The summed E-state index contributed by atoms with van der Waals surface area (Å²) in [5.41, 5.74) is 5.17. The molecule has 3 nitrogen and oxygen atoms in total. The quantitative estimate of drug-likeness (QED) is 0.630. The van der Waals surface area contributed by atoms with Gasteiger partial charge < -0.3 is 10.2 Å². The second-order valence-corrected chi connectivity index (χ2v) is 1.94. The van der Waals surface area contributed by atoms with E-state index in [4.69, 9.17) is 10.2 Å². The van der Waals surface area contributed by atoms with E-state index < -0.39 is 0 Å². The van der Waals surface area contributed by atoms with Crippen LogP contribution in [-0.4, -0.2) is 12.3 Å². The smallest absolute Gasteiger partial charge is 0.199 e. The summed E-state index contributed by atoms with van der Waals surface area (Å²) in [6.07, 6.45) is 1.83. The van der Waals surface area contributed by atoms with Gasteiger partial charge in [0.2, 0.25) is 0 Å². The maximum atomic E-state index is 10.9. The molecule has 0 saturated heterocycles. The van der Waals surface area contributed by atoms with Gasteiger partial charge in [-0.25, -0.2) is 0 Å². The van der Waals surface area contributed by atoms with Gasteiger partial charge in [0.05, 0.1) is 6.26 Å². The van der Waals surface area contributed by atoms with Crippen LogP contribution in [0.15, 0.2) is 22.8 Å². The first kappa shape index (κ1) is 7.02. The van der Waals surface area contributed by atoms with Crippen LogP contribution >= 0.6 is 0 Å². The van der Waals surface area contributed by atoms with Crippen LogP contribution in [0.25, 0.3) is 0 Å². The van der Waals surface area contributed by atoms with E-state index in [0.717, 1.165) is 0 Å². The Hall–Kier alpha value is -1.09. The summed E-state index contributed by atoms with van der Waals surface area (Å²) >= 11 is 0. The van der Waals surface area contributed by atoms with E-state index in [2.05, 4.69) is 0 Å². The van der Waals surface area contributed by atoms with Gasteiger partial charge in [0.1, 0.15) is 0 Å². The molecule has 1 rings (SSSR count). The minimum absolute atomic E-state index is 0.0347. The first-order valence-electron chi connectivity index (χ1n) is 3.11. The van der Waals surface area contributed by atoms with E-state index in [9.17, 15) is 4.79 Å². The van der Waals surface area contributed by atoms with E-state index >= 15 is 0 Å². The highest BCUT2D eigenvalue weighted by Gasteiger charge is 2.05. The average molecular weight is 139 g/mol. The number of carbonyl (C=O) groups is 1. The molecule has 0 unspecified atom stereocenters. The minimum Gasteiger partial charge on any atom is -0.461 e. The fraction of sp³-hybridized carbons (Fsp3) is 0.286. The molecule has 0 amide bonds. The molecule has 10 heavy (non-hydrogen) atoms. The highest BCUT2D eigenvalue weighted by atomic mass is 16.3. The Morgan fingerprint density at radius 2 is 2.50 bits per heavy atom. The van der Waals surface area contributed by atoms with Crippen molar-refractivity contribution in [3.05, 3.63) is 24.2 Å². The molecule has 1 heterocycles. The SMILES string of the molecule is NCCC(=O)c1ccco1. The van der Waals surface area contributed by atoms with Gasteiger partial charge in [-0.2, -0.15) is 0 Å². The van der Waals surface area contributed by atoms with E-state index in [0.29, 0.717) is 18.7 Å². The molecule has 3 heteroatoms. The molecular formula is C7H9NO2. The summed E-state index contributed by atoms with van der Waals surface area (Å²) in [5, 5.41) is 0. The fourth-order valence-corrected chi connectivity index (χ4v) is 0.692. The highest BCUT2D eigenvalue weighted by molar-refractivity contribution is 5.93. The van der Waals surface area contributed by atoms with Gasteiger partial charge >= 0.3 is 0 Å². The average Bonchev–Trinajstić information content (AvgIpc) is 2.38. The van der Waals surface area contributed by atoms with Crippen molar-refractivity contribution in [2.24, 2.45) is 5.73 Å². The van der Waals surface area contributed by atoms with Gasteiger partial charge in [-0.15, -0.1) is 0 Å². The van der Waals surface area contributed by atoms with Gasteiger partial charge in [0.25, 0.3) is 0 Å². The Labute approximate surface area is 58.8 Å². The highest BCUT2D eigenvalue weighted by Crippen LogP contribution is 2.02. The third kappa shape index (κ3) is 1.45. The zero-order valence-corrected chi connectivity index (χ0v) is 5.54. The lowest BCUT2D eigenvalue weighted by atomic mass is 10.2. The molecule has 0 aromatic carbocycles. The molecule has 0 bridgehead atoms. The van der Waals surface area contributed by atoms with Crippen LogP contribution < -0.4 is 5.73 Å². The zero-order valence-electron chi connectivity index (χ0n) is 5.54. The van der Waals surface area contributed by atoms with E-state index in [1.165, 1.54) is 6.26 Å². The van der Waals surface area contributed by atoms with Crippen molar-refractivity contribution in [1.29, 1.82) is 0 Å². The number of nitrogens with two attached hydrogens (primary N) is 1. The van der Waals surface area contributed by atoms with Crippen LogP contribution in [0.5, 0.6) is 0 Å². The number of hydrogen-bond acceptors (Lipinski definition) is 3. The summed E-state index contributed by atoms with van der Waals surface area (Å²) in [6, 6.07) is 3.32. The largest absolute Gasteiger partial charge is 0.461 e. The Kier molecular flexibility index (Phi) is 2.23. The van der Waals surface area contributed by atoms with Crippen molar-refractivity contribution < 1.29 is 9.21 Å². The number of carbonyl (C=O) groups excluding carboxylic acids is 1. The molecule has 0 atom stereocenters. The second kappa shape index (κ2) is 3.17. The number of furan rings is 1. The van der Waals surface area contributed by atoms with Gasteiger partial charge in [0, 0.05) is 6.42 Å². The molecule has 0 radical (unpaired) electrons. The minimum atomic E-state index is -0.0347. The van der Waals surface area contributed by atoms with Crippen molar-refractivity contribution in [1.82, 2.24) is 0 Å². The third-order valence-corrected chi connectivity index (χ3v) is 1.17. The summed E-state index contributed by atoms with van der Waals surface area (Å²) in [5.74, 6) is 0.359. The number of Topliss-reactive ketones (excluding diaryl/α,β-unsaturated/α-hetero) is 1. The lowest BCUT2D eigenvalue weighted by Gasteiger charge is -1.90. The molecular weight excluding hydrogens is 130 g/mol. The topological polar surface area (TPSA) is 56.2 Å². The van der Waals surface area contributed by atoms with Crippen LogP contribution in [0.3, 0.4) is 0 Å². The molecule has 0 fully saturated rings. The molecule has 0 aliphatic heterocycles. The predicted octanol–water partition coefficient (Wildman–Crippen LogP) is 0.811. The van der Waals surface area contributed by atoms with E-state index in [-0.39, 0.29) is 5.78 Å². The Balaban J connectivity index is 2.59. The Morgan fingerprint density at radius 3 is 3.00 bits per heavy atom. The molecule has 2 N–H and O–H groups in total. The summed E-state index contributed by atoms with van der Waals surface area (Å²) in [7, 11) is 0. The molecule has 54 valence electrons. The summed E-state index contributed by atoms with van der Waals surface area (Å²) < 4.78 is 4.84. The first-order chi connectivity index (χ1) is 4.84. The number of ketones is 1. The third-order valence-electron chi connectivity index (χ3n) is 1.17. The zero-order chi connectivity index (χ0) is 7.40. The van der Waals surface area contributed by atoms with E-state index in [1.54, 1.807) is 12.1 Å². The molecule has 1 aromatic rings. The lowest BCUT2D eigenvalue weighted by Crippen LogP contribution is -2.06. The molecule has 0 aliphatic carbocycles.